The van der Waals surface area contributed by atoms with Gasteiger partial charge < -0.3 is 10.5 Å². The van der Waals surface area contributed by atoms with Crippen LogP contribution in [0.2, 0.25) is 0 Å². The largest absolute Gasteiger partial charge is 0.493 e. The zero-order valence-corrected chi connectivity index (χ0v) is 10.6. The summed E-state index contributed by atoms with van der Waals surface area (Å²) in [6, 6.07) is 1.07. The highest BCUT2D eigenvalue weighted by Gasteiger charge is 2.17. The Morgan fingerprint density at radius 2 is 2.06 bits per heavy atom. The molecule has 90 valence electrons. The van der Waals surface area contributed by atoms with Crippen LogP contribution < -0.4 is 10.5 Å². The predicted molar refractivity (Wildman–Crippen MR) is 62.6 cm³/mol. The highest BCUT2D eigenvalue weighted by atomic mass is 79.9. The van der Waals surface area contributed by atoms with Crippen LogP contribution in [-0.4, -0.2) is 13.7 Å². The van der Waals surface area contributed by atoms with Crippen LogP contribution >= 0.6 is 15.9 Å². The fourth-order valence-electron chi connectivity index (χ4n) is 1.52. The van der Waals surface area contributed by atoms with Gasteiger partial charge in [0.2, 0.25) is 0 Å². The molecule has 2 N–H and O–H groups in total. The van der Waals surface area contributed by atoms with Crippen LogP contribution in [-0.2, 0) is 6.42 Å². The maximum Gasteiger partial charge on any atom is 0.166 e. The summed E-state index contributed by atoms with van der Waals surface area (Å²) in [5, 5.41) is 0. The maximum absolute atomic E-state index is 13.7. The van der Waals surface area contributed by atoms with E-state index < -0.39 is 11.6 Å². The van der Waals surface area contributed by atoms with Crippen LogP contribution in [0.25, 0.3) is 0 Å². The van der Waals surface area contributed by atoms with E-state index in [1.54, 1.807) is 0 Å². The van der Waals surface area contributed by atoms with Crippen molar-refractivity contribution in [3.8, 4) is 5.75 Å². The molecule has 5 heteroatoms. The molecule has 2 nitrogen and oxygen atoms in total. The van der Waals surface area contributed by atoms with E-state index in [4.69, 9.17) is 10.5 Å². The van der Waals surface area contributed by atoms with E-state index in [1.807, 2.05) is 0 Å². The van der Waals surface area contributed by atoms with Crippen molar-refractivity contribution in [2.45, 2.75) is 19.3 Å². The predicted octanol–water partition coefficient (Wildman–Crippen LogP) is 3.02. The number of methoxy groups -OCH3 is 1. The van der Waals surface area contributed by atoms with E-state index >= 15 is 0 Å². The third kappa shape index (κ3) is 2.92. The number of hydrogen-bond donors (Lipinski definition) is 1. The Hall–Kier alpha value is -0.680. The minimum Gasteiger partial charge on any atom is -0.493 e. The average molecular weight is 294 g/mol. The highest BCUT2D eigenvalue weighted by Crippen LogP contribution is 2.31. The highest BCUT2D eigenvalue weighted by molar-refractivity contribution is 9.10. The second kappa shape index (κ2) is 6.15. The average Bonchev–Trinajstić information content (AvgIpc) is 2.25. The lowest BCUT2D eigenvalue weighted by Crippen LogP contribution is -2.03. The van der Waals surface area contributed by atoms with E-state index in [0.29, 0.717) is 19.4 Å². The molecule has 0 saturated carbocycles. The summed E-state index contributed by atoms with van der Waals surface area (Å²) in [6.07, 6.45) is 1.90. The number of rotatable bonds is 5. The van der Waals surface area contributed by atoms with Gasteiger partial charge >= 0.3 is 0 Å². The van der Waals surface area contributed by atoms with E-state index in [9.17, 15) is 8.78 Å². The molecule has 0 unspecified atom stereocenters. The molecule has 0 spiro atoms. The topological polar surface area (TPSA) is 35.2 Å². The number of halogens is 3. The molecule has 0 atom stereocenters. The van der Waals surface area contributed by atoms with Gasteiger partial charge in [0.25, 0.3) is 0 Å². The van der Waals surface area contributed by atoms with Gasteiger partial charge in [-0.05, 0) is 47.8 Å². The summed E-state index contributed by atoms with van der Waals surface area (Å²) in [7, 11) is 1.33. The van der Waals surface area contributed by atoms with Crippen molar-refractivity contribution in [2.24, 2.45) is 5.73 Å². The first-order valence-corrected chi connectivity index (χ1v) is 5.81. The first-order valence-electron chi connectivity index (χ1n) is 5.02. The molecule has 0 aliphatic carbocycles. The molecule has 0 radical (unpaired) electrons. The molecule has 0 aliphatic rings. The standard InChI is InChI=1S/C11H14BrF2NO/c1-16-11-7(4-2-3-5-15)10(14)8(12)6-9(11)13/h6H,2-5,15H2,1H3. The Bertz CT molecular complexity index is 371. The van der Waals surface area contributed by atoms with Gasteiger partial charge in [0.1, 0.15) is 5.82 Å². The van der Waals surface area contributed by atoms with Crippen molar-refractivity contribution < 1.29 is 13.5 Å². The van der Waals surface area contributed by atoms with Crippen LogP contribution in [0.1, 0.15) is 18.4 Å². The molecule has 0 amide bonds. The second-order valence-corrected chi connectivity index (χ2v) is 4.27. The van der Waals surface area contributed by atoms with Crippen LogP contribution in [0.15, 0.2) is 10.5 Å². The molecular weight excluding hydrogens is 280 g/mol. The van der Waals surface area contributed by atoms with E-state index in [1.165, 1.54) is 7.11 Å². The van der Waals surface area contributed by atoms with Gasteiger partial charge in [-0.3, -0.25) is 0 Å². The number of unbranched alkanes of at least 4 members (excludes halogenated alkanes) is 1. The Kier molecular flexibility index (Phi) is 5.15. The van der Waals surface area contributed by atoms with Crippen LogP contribution in [0.3, 0.4) is 0 Å². The van der Waals surface area contributed by atoms with Gasteiger partial charge in [0.15, 0.2) is 11.6 Å². The number of ether oxygens (including phenoxy) is 1. The number of nitrogens with two attached hydrogens (primary N) is 1. The Balaban J connectivity index is 3.02. The lowest BCUT2D eigenvalue weighted by Gasteiger charge is -2.11. The summed E-state index contributed by atoms with van der Waals surface area (Å²) in [5.41, 5.74) is 5.62. The number of hydrogen-bond acceptors (Lipinski definition) is 2. The van der Waals surface area contributed by atoms with Crippen molar-refractivity contribution in [3.63, 3.8) is 0 Å². The summed E-state index contributed by atoms with van der Waals surface area (Å²) < 4.78 is 32.2. The zero-order valence-electron chi connectivity index (χ0n) is 9.03. The SMILES string of the molecule is COc1c(F)cc(Br)c(F)c1CCCCN. The molecule has 0 heterocycles. The minimum atomic E-state index is -0.557. The monoisotopic (exact) mass is 293 g/mol. The summed E-state index contributed by atoms with van der Waals surface area (Å²) in [4.78, 5) is 0. The van der Waals surface area contributed by atoms with Crippen LogP contribution in [0, 0.1) is 11.6 Å². The van der Waals surface area contributed by atoms with Crippen molar-refractivity contribution in [2.75, 3.05) is 13.7 Å². The van der Waals surface area contributed by atoms with Gasteiger partial charge in [-0.25, -0.2) is 8.78 Å². The van der Waals surface area contributed by atoms with E-state index in [-0.39, 0.29) is 15.8 Å². The zero-order chi connectivity index (χ0) is 12.1. The van der Waals surface area contributed by atoms with Gasteiger partial charge in [-0.15, -0.1) is 0 Å². The van der Waals surface area contributed by atoms with Crippen molar-refractivity contribution >= 4 is 15.9 Å². The van der Waals surface area contributed by atoms with Gasteiger partial charge in [-0.2, -0.15) is 0 Å². The molecular formula is C11H14BrF2NO. The van der Waals surface area contributed by atoms with Crippen molar-refractivity contribution in [1.82, 2.24) is 0 Å². The lowest BCUT2D eigenvalue weighted by molar-refractivity contribution is 0.374. The van der Waals surface area contributed by atoms with Gasteiger partial charge in [0.05, 0.1) is 11.6 Å². The Labute approximate surface area is 102 Å². The molecule has 0 saturated heterocycles. The molecule has 0 aliphatic heterocycles. The Morgan fingerprint density at radius 3 is 2.62 bits per heavy atom. The normalized spacial score (nSPS) is 10.6. The number of benzene rings is 1. The fourth-order valence-corrected chi connectivity index (χ4v) is 1.96. The van der Waals surface area contributed by atoms with Gasteiger partial charge in [0, 0.05) is 5.56 Å². The Morgan fingerprint density at radius 1 is 1.38 bits per heavy atom. The summed E-state index contributed by atoms with van der Waals surface area (Å²) in [6.45, 7) is 0.542. The molecule has 0 fully saturated rings. The minimum absolute atomic E-state index is 0.0160. The van der Waals surface area contributed by atoms with Crippen molar-refractivity contribution in [3.05, 3.63) is 27.7 Å². The molecule has 0 aromatic heterocycles. The summed E-state index contributed by atoms with van der Waals surface area (Å²) in [5.74, 6) is -1.04. The fraction of sp³-hybridized carbons (Fsp3) is 0.455. The smallest absolute Gasteiger partial charge is 0.166 e. The van der Waals surface area contributed by atoms with Crippen LogP contribution in [0.5, 0.6) is 5.75 Å². The third-order valence-electron chi connectivity index (χ3n) is 2.30. The summed E-state index contributed by atoms with van der Waals surface area (Å²) >= 11 is 2.97. The third-order valence-corrected chi connectivity index (χ3v) is 2.88. The lowest BCUT2D eigenvalue weighted by atomic mass is 10.1. The first kappa shape index (κ1) is 13.4. The second-order valence-electron chi connectivity index (χ2n) is 3.41. The molecule has 1 aromatic rings. The molecule has 16 heavy (non-hydrogen) atoms. The van der Waals surface area contributed by atoms with Gasteiger partial charge in [-0.1, -0.05) is 0 Å². The molecule has 0 bridgehead atoms. The quantitative estimate of drug-likeness (QED) is 0.669. The molecule has 1 rings (SSSR count). The van der Waals surface area contributed by atoms with Crippen LogP contribution in [0.4, 0.5) is 8.78 Å². The molecule has 1 aromatic carbocycles. The first-order chi connectivity index (χ1) is 7.61. The van der Waals surface area contributed by atoms with Crippen molar-refractivity contribution in [1.29, 1.82) is 0 Å². The van der Waals surface area contributed by atoms with E-state index in [2.05, 4.69) is 15.9 Å². The maximum atomic E-state index is 13.7. The van der Waals surface area contributed by atoms with E-state index in [0.717, 1.165) is 12.5 Å².